The molecule has 3 N–H and O–H groups in total. The summed E-state index contributed by atoms with van der Waals surface area (Å²) in [6.45, 7) is -0.238. The predicted octanol–water partition coefficient (Wildman–Crippen LogP) is 0.977. The first-order valence-electron chi connectivity index (χ1n) is 4.62. The van der Waals surface area contributed by atoms with Gasteiger partial charge >= 0.3 is 5.97 Å². The van der Waals surface area contributed by atoms with Gasteiger partial charge in [-0.25, -0.2) is 8.78 Å². The first-order valence-corrected chi connectivity index (χ1v) is 4.62. The maximum absolute atomic E-state index is 12.8. The van der Waals surface area contributed by atoms with Crippen LogP contribution < -0.4 is 5.73 Å². The number of nitrogens with two attached hydrogens (primary N) is 1. The Hall–Kier alpha value is -2.07. The topological polar surface area (TPSA) is 100 Å². The van der Waals surface area contributed by atoms with E-state index in [2.05, 4.69) is 4.98 Å². The van der Waals surface area contributed by atoms with Crippen molar-refractivity contribution in [3.8, 4) is 6.07 Å². The highest BCUT2D eigenvalue weighted by atomic mass is 19.3. The Morgan fingerprint density at radius 3 is 2.71 bits per heavy atom. The fourth-order valence-electron chi connectivity index (χ4n) is 1.47. The van der Waals surface area contributed by atoms with Gasteiger partial charge in [0.25, 0.3) is 6.43 Å². The molecule has 0 saturated carbocycles. The number of halogens is 2. The van der Waals surface area contributed by atoms with Crippen molar-refractivity contribution in [2.75, 3.05) is 0 Å². The van der Waals surface area contributed by atoms with Crippen LogP contribution in [-0.4, -0.2) is 16.1 Å². The van der Waals surface area contributed by atoms with Crippen LogP contribution in [0.2, 0.25) is 0 Å². The minimum absolute atomic E-state index is 0.0877. The van der Waals surface area contributed by atoms with Gasteiger partial charge in [-0.15, -0.1) is 0 Å². The van der Waals surface area contributed by atoms with Gasteiger partial charge in [-0.05, 0) is 5.56 Å². The molecule has 0 aliphatic rings. The Morgan fingerprint density at radius 1 is 1.65 bits per heavy atom. The Bertz CT molecular complexity index is 483. The summed E-state index contributed by atoms with van der Waals surface area (Å²) in [4.78, 5) is 14.2. The molecule has 5 nitrogen and oxygen atoms in total. The average molecular weight is 241 g/mol. The van der Waals surface area contributed by atoms with Gasteiger partial charge in [-0.2, -0.15) is 5.26 Å². The smallest absolute Gasteiger partial charge is 0.307 e. The number of hydrogen-bond donors (Lipinski definition) is 2. The molecule has 0 amide bonds. The summed E-state index contributed by atoms with van der Waals surface area (Å²) in [5, 5.41) is 17.4. The van der Waals surface area contributed by atoms with Crippen molar-refractivity contribution >= 4 is 5.97 Å². The highest BCUT2D eigenvalue weighted by Crippen LogP contribution is 2.28. The molecule has 7 heteroatoms. The molecule has 0 spiro atoms. The van der Waals surface area contributed by atoms with Gasteiger partial charge in [0, 0.05) is 18.3 Å². The summed E-state index contributed by atoms with van der Waals surface area (Å²) in [7, 11) is 0. The van der Waals surface area contributed by atoms with E-state index in [9.17, 15) is 13.6 Å². The Kier molecular flexibility index (Phi) is 4.06. The molecular weight excluding hydrogens is 232 g/mol. The minimum Gasteiger partial charge on any atom is -0.481 e. The largest absolute Gasteiger partial charge is 0.481 e. The van der Waals surface area contributed by atoms with E-state index >= 15 is 0 Å². The van der Waals surface area contributed by atoms with E-state index in [0.717, 1.165) is 6.20 Å². The molecule has 1 rings (SSSR count). The SMILES string of the molecule is N#Cc1cnc(CN)c(C(F)F)c1CC(=O)O. The molecule has 0 atom stereocenters. The molecule has 0 unspecified atom stereocenters. The fraction of sp³-hybridized carbons (Fsp3) is 0.300. The zero-order valence-corrected chi connectivity index (χ0v) is 8.65. The van der Waals surface area contributed by atoms with E-state index in [4.69, 9.17) is 16.1 Å². The van der Waals surface area contributed by atoms with Crippen LogP contribution in [0.25, 0.3) is 0 Å². The van der Waals surface area contributed by atoms with Gasteiger partial charge in [-0.1, -0.05) is 0 Å². The lowest BCUT2D eigenvalue weighted by atomic mass is 9.99. The lowest BCUT2D eigenvalue weighted by Crippen LogP contribution is -2.13. The van der Waals surface area contributed by atoms with Crippen LogP contribution >= 0.6 is 0 Å². The quantitative estimate of drug-likeness (QED) is 0.818. The molecule has 0 fully saturated rings. The summed E-state index contributed by atoms with van der Waals surface area (Å²) in [5.74, 6) is -1.29. The molecule has 0 aliphatic heterocycles. The van der Waals surface area contributed by atoms with Gasteiger partial charge in [-0.3, -0.25) is 9.78 Å². The number of carboxylic acids is 1. The van der Waals surface area contributed by atoms with Crippen molar-refractivity contribution in [2.45, 2.75) is 19.4 Å². The number of carboxylic acid groups (broad SMARTS) is 1. The van der Waals surface area contributed by atoms with Crippen molar-refractivity contribution < 1.29 is 18.7 Å². The van der Waals surface area contributed by atoms with Crippen LogP contribution in [0.5, 0.6) is 0 Å². The highest BCUT2D eigenvalue weighted by molar-refractivity contribution is 5.72. The third-order valence-corrected chi connectivity index (χ3v) is 2.17. The van der Waals surface area contributed by atoms with Gasteiger partial charge < -0.3 is 10.8 Å². The fourth-order valence-corrected chi connectivity index (χ4v) is 1.47. The molecule has 0 bridgehead atoms. The van der Waals surface area contributed by atoms with Crippen LogP contribution in [0.15, 0.2) is 6.20 Å². The standard InChI is InChI=1S/C10H9F2N3O2/c11-10(12)9-6(1-8(16)17)5(2-13)4-15-7(9)3-14/h4,10H,1,3,14H2,(H,16,17). The third-order valence-electron chi connectivity index (χ3n) is 2.17. The number of rotatable bonds is 4. The zero-order valence-electron chi connectivity index (χ0n) is 8.65. The lowest BCUT2D eigenvalue weighted by molar-refractivity contribution is -0.136. The van der Waals surface area contributed by atoms with Crippen molar-refractivity contribution in [3.05, 3.63) is 28.6 Å². The number of pyridine rings is 1. The summed E-state index contributed by atoms with van der Waals surface area (Å²) >= 11 is 0. The zero-order chi connectivity index (χ0) is 13.0. The number of nitriles is 1. The third kappa shape index (κ3) is 2.73. The number of carbonyl (C=O) groups is 1. The molecular formula is C10H9F2N3O2. The molecule has 0 aliphatic carbocycles. The highest BCUT2D eigenvalue weighted by Gasteiger charge is 2.23. The summed E-state index contributed by atoms with van der Waals surface area (Å²) in [6, 6.07) is 1.65. The van der Waals surface area contributed by atoms with E-state index < -0.39 is 24.4 Å². The predicted molar refractivity (Wildman–Crippen MR) is 53.1 cm³/mol. The maximum Gasteiger partial charge on any atom is 0.307 e. The van der Waals surface area contributed by atoms with E-state index in [0.29, 0.717) is 0 Å². The molecule has 17 heavy (non-hydrogen) atoms. The number of hydrogen-bond acceptors (Lipinski definition) is 4. The summed E-state index contributed by atoms with van der Waals surface area (Å²) in [5.41, 5.74) is 4.23. The lowest BCUT2D eigenvalue weighted by Gasteiger charge is -2.12. The van der Waals surface area contributed by atoms with Crippen LogP contribution in [0.4, 0.5) is 8.78 Å². The molecule has 0 radical (unpaired) electrons. The van der Waals surface area contributed by atoms with E-state index in [1.165, 1.54) is 0 Å². The van der Waals surface area contributed by atoms with Gasteiger partial charge in [0.1, 0.15) is 6.07 Å². The van der Waals surface area contributed by atoms with Crippen molar-refractivity contribution in [3.63, 3.8) is 0 Å². The second-order valence-electron chi connectivity index (χ2n) is 3.20. The second-order valence-corrected chi connectivity index (χ2v) is 3.20. The van der Waals surface area contributed by atoms with Crippen molar-refractivity contribution in [1.82, 2.24) is 4.98 Å². The van der Waals surface area contributed by atoms with Crippen LogP contribution in [0.1, 0.15) is 28.8 Å². The minimum atomic E-state index is -2.91. The number of aromatic nitrogens is 1. The van der Waals surface area contributed by atoms with Gasteiger partial charge in [0.15, 0.2) is 0 Å². The number of alkyl halides is 2. The number of nitrogens with zero attached hydrogens (tertiary/aromatic N) is 2. The van der Waals surface area contributed by atoms with E-state index in [1.807, 2.05) is 0 Å². The normalized spacial score (nSPS) is 10.3. The van der Waals surface area contributed by atoms with Crippen molar-refractivity contribution in [1.29, 1.82) is 5.26 Å². The molecule has 0 aromatic carbocycles. The molecule has 1 heterocycles. The van der Waals surface area contributed by atoms with E-state index in [1.54, 1.807) is 6.07 Å². The Morgan fingerprint density at radius 2 is 2.29 bits per heavy atom. The van der Waals surface area contributed by atoms with Crippen molar-refractivity contribution in [2.24, 2.45) is 5.73 Å². The van der Waals surface area contributed by atoms with E-state index in [-0.39, 0.29) is 23.4 Å². The van der Waals surface area contributed by atoms with Crippen LogP contribution in [-0.2, 0) is 17.8 Å². The van der Waals surface area contributed by atoms with Gasteiger partial charge in [0.05, 0.1) is 17.7 Å². The van der Waals surface area contributed by atoms with Gasteiger partial charge in [0.2, 0.25) is 0 Å². The molecule has 90 valence electrons. The summed E-state index contributed by atoms with van der Waals surface area (Å²) < 4.78 is 25.7. The summed E-state index contributed by atoms with van der Waals surface area (Å²) in [6.07, 6.45) is -2.51. The molecule has 1 aromatic rings. The second kappa shape index (κ2) is 5.32. The first kappa shape index (κ1) is 13.0. The first-order chi connectivity index (χ1) is 8.01. The average Bonchev–Trinajstić information content (AvgIpc) is 2.27. The number of aliphatic carboxylic acids is 1. The Balaban J connectivity index is 3.47. The molecule has 0 saturated heterocycles. The van der Waals surface area contributed by atoms with Crippen LogP contribution in [0, 0.1) is 11.3 Å². The maximum atomic E-state index is 12.8. The van der Waals surface area contributed by atoms with Crippen LogP contribution in [0.3, 0.4) is 0 Å². The molecule has 1 aromatic heterocycles. The Labute approximate surface area is 95.5 Å². The monoisotopic (exact) mass is 241 g/mol.